The third-order valence-corrected chi connectivity index (χ3v) is 4.01. The van der Waals surface area contributed by atoms with Gasteiger partial charge < -0.3 is 10.1 Å². The lowest BCUT2D eigenvalue weighted by Crippen LogP contribution is -2.10. The van der Waals surface area contributed by atoms with Crippen molar-refractivity contribution >= 4 is 11.8 Å². The van der Waals surface area contributed by atoms with Crippen LogP contribution in [0.5, 0.6) is 0 Å². The number of H-pyrrole nitrogens is 1. The van der Waals surface area contributed by atoms with E-state index in [-0.39, 0.29) is 12.2 Å². The van der Waals surface area contributed by atoms with Crippen molar-refractivity contribution in [3.8, 4) is 0 Å². The Labute approximate surface area is 121 Å². The summed E-state index contributed by atoms with van der Waals surface area (Å²) in [7, 11) is 1.81. The van der Waals surface area contributed by atoms with Gasteiger partial charge in [0, 0.05) is 24.4 Å². The van der Waals surface area contributed by atoms with Crippen molar-refractivity contribution in [3.63, 3.8) is 0 Å². The van der Waals surface area contributed by atoms with Gasteiger partial charge in [-0.2, -0.15) is 5.10 Å². The second-order valence-electron chi connectivity index (χ2n) is 4.54. The molecule has 20 heavy (non-hydrogen) atoms. The van der Waals surface area contributed by atoms with E-state index in [0.717, 1.165) is 34.8 Å². The fourth-order valence-electron chi connectivity index (χ4n) is 2.00. The predicted molar refractivity (Wildman–Crippen MR) is 76.8 cm³/mol. The van der Waals surface area contributed by atoms with Crippen LogP contribution < -0.4 is 5.56 Å². The first-order valence-corrected chi connectivity index (χ1v) is 7.28. The number of aliphatic hydroxyl groups excluding tert-OH is 1. The number of nitrogens with zero attached hydrogens (tertiary/aromatic N) is 3. The van der Waals surface area contributed by atoms with Crippen LogP contribution in [-0.4, -0.2) is 24.9 Å². The zero-order chi connectivity index (χ0) is 14.7. The third-order valence-electron chi connectivity index (χ3n) is 2.92. The molecule has 2 heterocycles. The van der Waals surface area contributed by atoms with Crippen LogP contribution in [0.2, 0.25) is 0 Å². The van der Waals surface area contributed by atoms with E-state index in [9.17, 15) is 9.90 Å². The molecule has 0 amide bonds. The fourth-order valence-corrected chi connectivity index (χ4v) is 3.00. The Morgan fingerprint density at radius 1 is 1.50 bits per heavy atom. The lowest BCUT2D eigenvalue weighted by molar-refractivity contribution is 0.277. The van der Waals surface area contributed by atoms with E-state index in [2.05, 4.69) is 15.1 Å². The van der Waals surface area contributed by atoms with Gasteiger partial charge in [-0.3, -0.25) is 9.48 Å². The quantitative estimate of drug-likeness (QED) is 0.815. The highest BCUT2D eigenvalue weighted by molar-refractivity contribution is 7.99. The van der Waals surface area contributed by atoms with Crippen molar-refractivity contribution in [2.24, 2.45) is 7.05 Å². The van der Waals surface area contributed by atoms with Crippen molar-refractivity contribution < 1.29 is 5.11 Å². The molecule has 0 spiro atoms. The van der Waals surface area contributed by atoms with E-state index < -0.39 is 0 Å². The molecule has 108 valence electrons. The zero-order valence-electron chi connectivity index (χ0n) is 11.8. The number of hydrogen-bond donors (Lipinski definition) is 2. The Balaban J connectivity index is 2.37. The molecule has 0 aliphatic heterocycles. The van der Waals surface area contributed by atoms with Crippen molar-refractivity contribution in [3.05, 3.63) is 33.4 Å². The highest BCUT2D eigenvalue weighted by Crippen LogP contribution is 2.29. The van der Waals surface area contributed by atoms with E-state index in [4.69, 9.17) is 0 Å². The van der Waals surface area contributed by atoms with Crippen LogP contribution in [0.4, 0.5) is 0 Å². The first kappa shape index (κ1) is 14.8. The Morgan fingerprint density at radius 2 is 2.25 bits per heavy atom. The number of aliphatic hydroxyl groups is 1. The van der Waals surface area contributed by atoms with E-state index in [1.807, 2.05) is 20.9 Å². The summed E-state index contributed by atoms with van der Waals surface area (Å²) in [6, 6.07) is 1.52. The minimum Gasteiger partial charge on any atom is -0.392 e. The predicted octanol–water partition coefficient (Wildman–Crippen LogP) is 1.41. The van der Waals surface area contributed by atoms with Gasteiger partial charge in [0.25, 0.3) is 5.56 Å². The molecule has 0 aliphatic carbocycles. The van der Waals surface area contributed by atoms with Gasteiger partial charge >= 0.3 is 0 Å². The first-order valence-electron chi connectivity index (χ1n) is 6.46. The van der Waals surface area contributed by atoms with Crippen LogP contribution in [0, 0.1) is 6.92 Å². The summed E-state index contributed by atoms with van der Waals surface area (Å²) in [5.41, 5.74) is 2.17. The van der Waals surface area contributed by atoms with Crippen LogP contribution in [0.25, 0.3) is 0 Å². The topological polar surface area (TPSA) is 83.8 Å². The normalized spacial score (nSPS) is 11.0. The van der Waals surface area contributed by atoms with Crippen LogP contribution >= 0.6 is 11.8 Å². The van der Waals surface area contributed by atoms with Crippen molar-refractivity contribution in [2.45, 2.75) is 43.5 Å². The molecule has 0 unspecified atom stereocenters. The highest BCUT2D eigenvalue weighted by Gasteiger charge is 2.15. The summed E-state index contributed by atoms with van der Waals surface area (Å²) in [5.74, 6) is 0. The van der Waals surface area contributed by atoms with Gasteiger partial charge in [0.05, 0.1) is 12.3 Å². The van der Waals surface area contributed by atoms with E-state index in [1.165, 1.54) is 17.8 Å². The first-order chi connectivity index (χ1) is 9.55. The summed E-state index contributed by atoms with van der Waals surface area (Å²) < 4.78 is 1.69. The molecule has 2 rings (SSSR count). The molecule has 0 radical (unpaired) electrons. The Hall–Kier alpha value is -1.60. The van der Waals surface area contributed by atoms with Gasteiger partial charge in [0.1, 0.15) is 5.03 Å². The fraction of sp³-hybridized carbons (Fsp3) is 0.462. The maximum absolute atomic E-state index is 11.6. The standard InChI is InChI=1S/C13H18N4O2S/c1-4-5-9-6-11(19)15-13(14-9)20-12-10(7-18)8(2)16-17(12)3/h6,18H,4-5,7H2,1-3H3,(H,14,15,19). The number of aromatic nitrogens is 4. The number of nitrogens with one attached hydrogen (secondary N) is 1. The minimum absolute atomic E-state index is 0.0825. The van der Waals surface area contributed by atoms with Gasteiger partial charge in [0.15, 0.2) is 5.16 Å². The molecular formula is C13H18N4O2S. The van der Waals surface area contributed by atoms with Gasteiger partial charge in [-0.15, -0.1) is 0 Å². The molecule has 2 aromatic rings. The zero-order valence-corrected chi connectivity index (χ0v) is 12.6. The Bertz CT molecular complexity index is 663. The molecule has 2 aromatic heterocycles. The Kier molecular flexibility index (Phi) is 4.61. The van der Waals surface area contributed by atoms with Crippen LogP contribution in [0.3, 0.4) is 0 Å². The Morgan fingerprint density at radius 3 is 2.90 bits per heavy atom. The molecule has 0 aliphatic rings. The van der Waals surface area contributed by atoms with Crippen LogP contribution in [-0.2, 0) is 20.1 Å². The SMILES string of the molecule is CCCc1cc(=O)[nH]c(Sc2c(CO)c(C)nn2C)n1. The lowest BCUT2D eigenvalue weighted by Gasteiger charge is -2.05. The summed E-state index contributed by atoms with van der Waals surface area (Å²) in [6.07, 6.45) is 1.71. The van der Waals surface area contributed by atoms with E-state index in [0.29, 0.717) is 5.16 Å². The monoisotopic (exact) mass is 294 g/mol. The number of hydrogen-bond acceptors (Lipinski definition) is 5. The van der Waals surface area contributed by atoms with Crippen LogP contribution in [0.15, 0.2) is 21.0 Å². The molecule has 7 heteroatoms. The lowest BCUT2D eigenvalue weighted by atomic mass is 10.2. The second-order valence-corrected chi connectivity index (χ2v) is 5.52. The van der Waals surface area contributed by atoms with Gasteiger partial charge in [0.2, 0.25) is 0 Å². The van der Waals surface area contributed by atoms with Crippen LogP contribution in [0.1, 0.15) is 30.3 Å². The van der Waals surface area contributed by atoms with Crippen molar-refractivity contribution in [2.75, 3.05) is 0 Å². The molecule has 6 nitrogen and oxygen atoms in total. The number of rotatable bonds is 5. The maximum Gasteiger partial charge on any atom is 0.251 e. The maximum atomic E-state index is 11.6. The van der Waals surface area contributed by atoms with Crippen molar-refractivity contribution in [1.29, 1.82) is 0 Å². The second kappa shape index (κ2) is 6.23. The summed E-state index contributed by atoms with van der Waals surface area (Å²) in [4.78, 5) is 18.8. The van der Waals surface area contributed by atoms with Gasteiger partial charge in [-0.25, -0.2) is 4.98 Å². The smallest absolute Gasteiger partial charge is 0.251 e. The largest absolute Gasteiger partial charge is 0.392 e. The molecule has 0 fully saturated rings. The van der Waals surface area contributed by atoms with E-state index in [1.54, 1.807) is 4.68 Å². The minimum atomic E-state index is -0.157. The summed E-state index contributed by atoms with van der Waals surface area (Å²) >= 11 is 1.31. The van der Waals surface area contributed by atoms with E-state index >= 15 is 0 Å². The number of aryl methyl sites for hydroxylation is 3. The molecule has 0 bridgehead atoms. The molecule has 0 atom stereocenters. The molecular weight excluding hydrogens is 276 g/mol. The summed E-state index contributed by atoms with van der Waals surface area (Å²) in [5, 5.41) is 15.0. The molecule has 2 N–H and O–H groups in total. The highest BCUT2D eigenvalue weighted by atomic mass is 32.2. The molecule has 0 saturated carbocycles. The third kappa shape index (κ3) is 3.10. The van der Waals surface area contributed by atoms with Gasteiger partial charge in [-0.05, 0) is 25.1 Å². The average Bonchev–Trinajstić information content (AvgIpc) is 2.63. The van der Waals surface area contributed by atoms with Crippen molar-refractivity contribution in [1.82, 2.24) is 19.7 Å². The molecule has 0 saturated heterocycles. The summed E-state index contributed by atoms with van der Waals surface area (Å²) in [6.45, 7) is 3.81. The average molecular weight is 294 g/mol. The van der Waals surface area contributed by atoms with Gasteiger partial charge in [-0.1, -0.05) is 13.3 Å². The number of aromatic amines is 1. The molecule has 0 aromatic carbocycles.